The zero-order valence-corrected chi connectivity index (χ0v) is 15.8. The first kappa shape index (κ1) is 20.6. The predicted octanol–water partition coefficient (Wildman–Crippen LogP) is 3.22. The van der Waals surface area contributed by atoms with Crippen molar-refractivity contribution in [3.63, 3.8) is 0 Å². The van der Waals surface area contributed by atoms with Gasteiger partial charge in [-0.15, -0.1) is 0 Å². The summed E-state index contributed by atoms with van der Waals surface area (Å²) in [6, 6.07) is 11.0. The highest BCUT2D eigenvalue weighted by molar-refractivity contribution is 6.45. The molecule has 0 fully saturated rings. The molecule has 8 heteroatoms. The molecule has 29 heavy (non-hydrogen) atoms. The zero-order valence-electron chi connectivity index (χ0n) is 15.8. The number of likely N-dealkylation sites (N-methyl/N-ethyl adjacent to an activating group) is 1. The SMILES string of the molecule is Cc1ccc(C2=C(N(C)CCO)C(=O)N(c3cccc(C(F)(F)F)c3)C2=O)cc1. The van der Waals surface area contributed by atoms with Crippen LogP contribution in [0.1, 0.15) is 16.7 Å². The normalized spacial score (nSPS) is 14.8. The molecule has 1 N–H and O–H groups in total. The lowest BCUT2D eigenvalue weighted by atomic mass is 10.0. The third-order valence-electron chi connectivity index (χ3n) is 4.65. The summed E-state index contributed by atoms with van der Waals surface area (Å²) in [5, 5.41) is 9.25. The number of carbonyl (C=O) groups excluding carboxylic acids is 2. The van der Waals surface area contributed by atoms with Crippen molar-refractivity contribution in [3.05, 3.63) is 70.9 Å². The third-order valence-corrected chi connectivity index (χ3v) is 4.65. The van der Waals surface area contributed by atoms with Crippen LogP contribution in [0.15, 0.2) is 54.2 Å². The molecule has 152 valence electrons. The van der Waals surface area contributed by atoms with Gasteiger partial charge in [-0.3, -0.25) is 9.59 Å². The summed E-state index contributed by atoms with van der Waals surface area (Å²) in [6.45, 7) is 1.69. The van der Waals surface area contributed by atoms with Gasteiger partial charge in [0.15, 0.2) is 0 Å². The van der Waals surface area contributed by atoms with E-state index in [9.17, 15) is 27.9 Å². The molecule has 5 nitrogen and oxygen atoms in total. The molecular formula is C21H19F3N2O3. The Hall–Kier alpha value is -3.13. The van der Waals surface area contributed by atoms with E-state index in [-0.39, 0.29) is 30.1 Å². The van der Waals surface area contributed by atoms with Crippen molar-refractivity contribution in [2.45, 2.75) is 13.1 Å². The average Bonchev–Trinajstić information content (AvgIpc) is 2.92. The van der Waals surface area contributed by atoms with Crippen LogP contribution in [0.2, 0.25) is 0 Å². The molecule has 0 spiro atoms. The first-order valence-corrected chi connectivity index (χ1v) is 8.84. The van der Waals surface area contributed by atoms with E-state index in [1.54, 1.807) is 31.3 Å². The number of anilines is 1. The number of aryl methyl sites for hydroxylation is 1. The van der Waals surface area contributed by atoms with Crippen LogP contribution in [-0.2, 0) is 15.8 Å². The standard InChI is InChI=1S/C21H19F3N2O3/c1-13-6-8-14(9-7-13)17-18(25(2)10-11-27)20(29)26(19(17)28)16-5-3-4-15(12-16)21(22,23)24/h3-9,12,27H,10-11H2,1-2H3. The maximum Gasteiger partial charge on any atom is 0.416 e. The highest BCUT2D eigenvalue weighted by atomic mass is 19.4. The third kappa shape index (κ3) is 3.88. The van der Waals surface area contributed by atoms with Gasteiger partial charge in [0.25, 0.3) is 11.8 Å². The molecule has 0 radical (unpaired) electrons. The summed E-state index contributed by atoms with van der Waals surface area (Å²) in [6.07, 6.45) is -4.61. The average molecular weight is 404 g/mol. The summed E-state index contributed by atoms with van der Waals surface area (Å²) in [5.41, 5.74) is 0.430. The maximum absolute atomic E-state index is 13.2. The van der Waals surface area contributed by atoms with Gasteiger partial charge in [-0.05, 0) is 30.7 Å². The van der Waals surface area contributed by atoms with E-state index in [0.717, 1.165) is 28.7 Å². The van der Waals surface area contributed by atoms with E-state index in [2.05, 4.69) is 0 Å². The minimum Gasteiger partial charge on any atom is -0.395 e. The predicted molar refractivity (Wildman–Crippen MR) is 102 cm³/mol. The van der Waals surface area contributed by atoms with Crippen molar-refractivity contribution < 1.29 is 27.9 Å². The second-order valence-corrected chi connectivity index (χ2v) is 6.73. The van der Waals surface area contributed by atoms with Crippen LogP contribution < -0.4 is 4.90 Å². The lowest BCUT2D eigenvalue weighted by Crippen LogP contribution is -2.35. The van der Waals surface area contributed by atoms with Gasteiger partial charge in [-0.1, -0.05) is 35.9 Å². The molecule has 0 aliphatic carbocycles. The number of hydrogen-bond donors (Lipinski definition) is 1. The Morgan fingerprint density at radius 3 is 2.28 bits per heavy atom. The largest absolute Gasteiger partial charge is 0.416 e. The Labute approximate surface area is 165 Å². The van der Waals surface area contributed by atoms with Gasteiger partial charge >= 0.3 is 6.18 Å². The molecule has 0 atom stereocenters. The molecule has 1 aliphatic heterocycles. The molecule has 0 unspecified atom stereocenters. The summed E-state index contributed by atoms with van der Waals surface area (Å²) >= 11 is 0. The maximum atomic E-state index is 13.2. The Morgan fingerprint density at radius 2 is 1.69 bits per heavy atom. The van der Waals surface area contributed by atoms with Crippen molar-refractivity contribution in [2.24, 2.45) is 0 Å². The Kier molecular flexibility index (Phi) is 5.48. The van der Waals surface area contributed by atoms with Crippen LogP contribution in [0.5, 0.6) is 0 Å². The Bertz CT molecular complexity index is 981. The Morgan fingerprint density at radius 1 is 1.03 bits per heavy atom. The summed E-state index contributed by atoms with van der Waals surface area (Å²) < 4.78 is 39.3. The van der Waals surface area contributed by atoms with Gasteiger partial charge in [0.2, 0.25) is 0 Å². The molecular weight excluding hydrogens is 385 g/mol. The van der Waals surface area contributed by atoms with Gasteiger partial charge in [0.05, 0.1) is 23.4 Å². The molecule has 1 aliphatic rings. The smallest absolute Gasteiger partial charge is 0.395 e. The highest BCUT2D eigenvalue weighted by Crippen LogP contribution is 2.37. The molecule has 2 aromatic rings. The highest BCUT2D eigenvalue weighted by Gasteiger charge is 2.42. The number of rotatable bonds is 5. The number of hydrogen-bond acceptors (Lipinski definition) is 4. The van der Waals surface area contributed by atoms with Gasteiger partial charge < -0.3 is 10.0 Å². The van der Waals surface area contributed by atoms with Crippen LogP contribution in [-0.4, -0.2) is 42.0 Å². The zero-order chi connectivity index (χ0) is 21.3. The first-order chi connectivity index (χ1) is 13.6. The number of carbonyl (C=O) groups is 2. The number of aliphatic hydroxyl groups excluding tert-OH is 1. The van der Waals surface area contributed by atoms with E-state index in [4.69, 9.17) is 0 Å². The minimum atomic E-state index is -4.61. The Balaban J connectivity index is 2.12. The van der Waals surface area contributed by atoms with Crippen molar-refractivity contribution in [3.8, 4) is 0 Å². The molecule has 0 bridgehead atoms. The monoisotopic (exact) mass is 404 g/mol. The molecule has 0 aromatic heterocycles. The number of imide groups is 1. The number of benzene rings is 2. The van der Waals surface area contributed by atoms with E-state index in [1.807, 2.05) is 6.92 Å². The van der Waals surface area contributed by atoms with Gasteiger partial charge in [-0.25, -0.2) is 4.90 Å². The lowest BCUT2D eigenvalue weighted by Gasteiger charge is -2.21. The van der Waals surface area contributed by atoms with Crippen molar-refractivity contribution >= 4 is 23.1 Å². The number of nitrogens with zero attached hydrogens (tertiary/aromatic N) is 2. The van der Waals surface area contributed by atoms with Crippen LogP contribution >= 0.6 is 0 Å². The van der Waals surface area contributed by atoms with Gasteiger partial charge in [0, 0.05) is 13.6 Å². The summed E-state index contributed by atoms with van der Waals surface area (Å²) in [7, 11) is 1.54. The molecule has 2 aromatic carbocycles. The number of amides is 2. The fraction of sp³-hybridized carbons (Fsp3) is 0.238. The van der Waals surface area contributed by atoms with Crippen LogP contribution in [0.3, 0.4) is 0 Å². The number of aliphatic hydroxyl groups is 1. The van der Waals surface area contributed by atoms with Crippen LogP contribution in [0.4, 0.5) is 18.9 Å². The van der Waals surface area contributed by atoms with E-state index in [1.165, 1.54) is 11.0 Å². The van der Waals surface area contributed by atoms with Crippen LogP contribution in [0, 0.1) is 6.92 Å². The van der Waals surface area contributed by atoms with E-state index in [0.29, 0.717) is 5.56 Å². The second-order valence-electron chi connectivity index (χ2n) is 6.73. The van der Waals surface area contributed by atoms with Crippen molar-refractivity contribution in [1.29, 1.82) is 0 Å². The van der Waals surface area contributed by atoms with Crippen molar-refractivity contribution in [2.75, 3.05) is 25.1 Å². The number of halogens is 3. The fourth-order valence-electron chi connectivity index (χ4n) is 3.17. The molecule has 3 rings (SSSR count). The second kappa shape index (κ2) is 7.71. The van der Waals surface area contributed by atoms with Crippen LogP contribution in [0.25, 0.3) is 5.57 Å². The lowest BCUT2D eigenvalue weighted by molar-refractivity contribution is -0.137. The van der Waals surface area contributed by atoms with Gasteiger partial charge in [-0.2, -0.15) is 13.2 Å². The minimum absolute atomic E-state index is 0.0327. The first-order valence-electron chi connectivity index (χ1n) is 8.84. The molecule has 2 amide bonds. The quantitative estimate of drug-likeness (QED) is 0.778. The number of alkyl halides is 3. The molecule has 0 saturated heterocycles. The summed E-state index contributed by atoms with van der Waals surface area (Å²) in [4.78, 5) is 28.4. The van der Waals surface area contributed by atoms with Crippen molar-refractivity contribution in [1.82, 2.24) is 4.90 Å². The van der Waals surface area contributed by atoms with E-state index >= 15 is 0 Å². The van der Waals surface area contributed by atoms with Gasteiger partial charge in [0.1, 0.15) is 5.70 Å². The molecule has 0 saturated carbocycles. The summed E-state index contributed by atoms with van der Waals surface area (Å²) in [5.74, 6) is -1.45. The fourth-order valence-corrected chi connectivity index (χ4v) is 3.17. The molecule has 1 heterocycles. The topological polar surface area (TPSA) is 60.9 Å². The van der Waals surface area contributed by atoms with E-state index < -0.39 is 23.6 Å².